The molecule has 0 amide bonds. The van der Waals surface area contributed by atoms with E-state index in [-0.39, 0.29) is 11.8 Å². The molecule has 1 saturated carbocycles. The highest BCUT2D eigenvalue weighted by Crippen LogP contribution is 2.62. The average molecular weight is 208 g/mol. The molecule has 4 nitrogen and oxygen atoms in total. The van der Waals surface area contributed by atoms with Crippen LogP contribution in [0, 0.1) is 17.3 Å². The zero-order valence-electron chi connectivity index (χ0n) is 8.60. The fourth-order valence-corrected chi connectivity index (χ4v) is 2.32. The smallest absolute Gasteiger partial charge is 0.324 e. The van der Waals surface area contributed by atoms with E-state index in [0.29, 0.717) is 0 Å². The first kappa shape index (κ1) is 9.96. The Morgan fingerprint density at radius 3 is 1.73 bits per heavy atom. The zero-order valence-corrected chi connectivity index (χ0v) is 8.60. The first-order chi connectivity index (χ1) is 7.19. The minimum absolute atomic E-state index is 0.109. The van der Waals surface area contributed by atoms with Crippen LogP contribution in [0.2, 0.25) is 0 Å². The maximum absolute atomic E-state index is 11.7. The number of allylic oxidation sites excluding steroid dienone is 4. The van der Waals surface area contributed by atoms with Crippen molar-refractivity contribution in [1.29, 1.82) is 0 Å². The molecular formula is C11H12O4. The van der Waals surface area contributed by atoms with E-state index in [9.17, 15) is 9.59 Å². The van der Waals surface area contributed by atoms with E-state index >= 15 is 0 Å². The molecule has 0 N–H and O–H groups in total. The lowest BCUT2D eigenvalue weighted by Gasteiger charge is -2.11. The molecule has 4 heteroatoms. The van der Waals surface area contributed by atoms with Crippen molar-refractivity contribution in [3.63, 3.8) is 0 Å². The van der Waals surface area contributed by atoms with Gasteiger partial charge in [-0.1, -0.05) is 24.3 Å². The number of fused-ring (bicyclic) bond motifs is 1. The van der Waals surface area contributed by atoms with Gasteiger partial charge in [0.2, 0.25) is 0 Å². The van der Waals surface area contributed by atoms with Crippen molar-refractivity contribution in [2.45, 2.75) is 0 Å². The van der Waals surface area contributed by atoms with E-state index in [1.807, 2.05) is 24.3 Å². The molecule has 2 aliphatic rings. The van der Waals surface area contributed by atoms with Crippen LogP contribution in [0.3, 0.4) is 0 Å². The summed E-state index contributed by atoms with van der Waals surface area (Å²) in [4.78, 5) is 23.3. The molecule has 80 valence electrons. The number of esters is 2. The van der Waals surface area contributed by atoms with Crippen molar-refractivity contribution >= 4 is 11.9 Å². The molecule has 2 rings (SSSR count). The predicted molar refractivity (Wildman–Crippen MR) is 51.7 cm³/mol. The summed E-state index contributed by atoms with van der Waals surface area (Å²) in [6.07, 6.45) is 7.35. The van der Waals surface area contributed by atoms with Crippen LogP contribution in [-0.2, 0) is 19.1 Å². The molecule has 0 aromatic rings. The minimum atomic E-state index is -1.13. The van der Waals surface area contributed by atoms with Crippen LogP contribution in [0.15, 0.2) is 24.3 Å². The molecule has 2 atom stereocenters. The van der Waals surface area contributed by atoms with Crippen LogP contribution in [0.1, 0.15) is 0 Å². The van der Waals surface area contributed by atoms with E-state index in [0.717, 1.165) is 0 Å². The number of ether oxygens (including phenoxy) is 2. The first-order valence-corrected chi connectivity index (χ1v) is 4.71. The molecule has 0 aliphatic heterocycles. The highest BCUT2D eigenvalue weighted by atomic mass is 16.5. The van der Waals surface area contributed by atoms with Crippen molar-refractivity contribution in [1.82, 2.24) is 0 Å². The largest absolute Gasteiger partial charge is 0.468 e. The Hall–Kier alpha value is -1.58. The van der Waals surface area contributed by atoms with Crippen molar-refractivity contribution in [3.05, 3.63) is 24.3 Å². The number of rotatable bonds is 2. The first-order valence-electron chi connectivity index (χ1n) is 4.71. The molecule has 2 aliphatic carbocycles. The lowest BCUT2D eigenvalue weighted by Crippen LogP contribution is -2.31. The van der Waals surface area contributed by atoms with Crippen molar-refractivity contribution in [2.75, 3.05) is 14.2 Å². The van der Waals surface area contributed by atoms with E-state index < -0.39 is 17.4 Å². The van der Waals surface area contributed by atoms with Crippen LogP contribution in [-0.4, -0.2) is 26.2 Å². The maximum Gasteiger partial charge on any atom is 0.324 e. The van der Waals surface area contributed by atoms with Gasteiger partial charge in [0, 0.05) is 11.8 Å². The number of methoxy groups -OCH3 is 2. The number of hydrogen-bond donors (Lipinski definition) is 0. The molecule has 0 bridgehead atoms. The highest BCUT2D eigenvalue weighted by Gasteiger charge is 2.74. The fraction of sp³-hybridized carbons (Fsp3) is 0.455. The Morgan fingerprint density at radius 1 is 1.00 bits per heavy atom. The van der Waals surface area contributed by atoms with Crippen molar-refractivity contribution < 1.29 is 19.1 Å². The highest BCUT2D eigenvalue weighted by molar-refractivity contribution is 6.05. The summed E-state index contributed by atoms with van der Waals surface area (Å²) in [5.41, 5.74) is -1.13. The van der Waals surface area contributed by atoms with Crippen LogP contribution in [0.4, 0.5) is 0 Å². The van der Waals surface area contributed by atoms with E-state index in [1.54, 1.807) is 0 Å². The van der Waals surface area contributed by atoms with Gasteiger partial charge in [0.15, 0.2) is 5.41 Å². The SMILES string of the molecule is COC(=O)C1(C(=O)OC)C2C=CC=CC21. The van der Waals surface area contributed by atoms with Gasteiger partial charge < -0.3 is 9.47 Å². The lowest BCUT2D eigenvalue weighted by molar-refractivity contribution is -0.162. The lowest BCUT2D eigenvalue weighted by atomic mass is 10.0. The third-order valence-corrected chi connectivity index (χ3v) is 3.12. The Kier molecular flexibility index (Phi) is 2.14. The number of hydrogen-bond acceptors (Lipinski definition) is 4. The second-order valence-electron chi connectivity index (χ2n) is 3.67. The van der Waals surface area contributed by atoms with E-state index in [4.69, 9.17) is 0 Å². The molecular weight excluding hydrogens is 196 g/mol. The second kappa shape index (κ2) is 3.22. The summed E-state index contributed by atoms with van der Waals surface area (Å²) in [6.45, 7) is 0. The topological polar surface area (TPSA) is 52.6 Å². The van der Waals surface area contributed by atoms with Gasteiger partial charge in [-0.05, 0) is 0 Å². The second-order valence-corrected chi connectivity index (χ2v) is 3.67. The van der Waals surface area contributed by atoms with Gasteiger partial charge in [-0.3, -0.25) is 9.59 Å². The maximum atomic E-state index is 11.7. The Labute approximate surface area is 87.5 Å². The van der Waals surface area contributed by atoms with Gasteiger partial charge in [-0.25, -0.2) is 0 Å². The number of carbonyl (C=O) groups excluding carboxylic acids is 2. The molecule has 0 saturated heterocycles. The normalized spacial score (nSPS) is 29.2. The molecule has 15 heavy (non-hydrogen) atoms. The van der Waals surface area contributed by atoms with Gasteiger partial charge in [0.05, 0.1) is 14.2 Å². The standard InChI is InChI=1S/C11H12O4/c1-14-9(12)11(10(13)15-2)7-5-3-4-6-8(7)11/h3-8H,1-2H3. The summed E-state index contributed by atoms with van der Waals surface area (Å²) >= 11 is 0. The molecule has 1 fully saturated rings. The van der Waals surface area contributed by atoms with Crippen molar-refractivity contribution in [2.24, 2.45) is 17.3 Å². The third kappa shape index (κ3) is 1.07. The summed E-state index contributed by atoms with van der Waals surface area (Å²) in [5, 5.41) is 0. The van der Waals surface area contributed by atoms with E-state index in [1.165, 1.54) is 14.2 Å². The van der Waals surface area contributed by atoms with Crippen LogP contribution < -0.4 is 0 Å². The zero-order chi connectivity index (χ0) is 11.1. The Morgan fingerprint density at radius 2 is 1.40 bits per heavy atom. The molecule has 0 aromatic carbocycles. The average Bonchev–Trinajstić information content (AvgIpc) is 2.97. The van der Waals surface area contributed by atoms with E-state index in [2.05, 4.69) is 9.47 Å². The third-order valence-electron chi connectivity index (χ3n) is 3.12. The van der Waals surface area contributed by atoms with Gasteiger partial charge in [-0.2, -0.15) is 0 Å². The molecule has 0 aromatic heterocycles. The Bertz CT molecular complexity index is 331. The van der Waals surface area contributed by atoms with Crippen molar-refractivity contribution in [3.8, 4) is 0 Å². The van der Waals surface area contributed by atoms with Crippen LogP contribution in [0.25, 0.3) is 0 Å². The van der Waals surface area contributed by atoms with Crippen LogP contribution in [0.5, 0.6) is 0 Å². The number of carbonyl (C=O) groups is 2. The summed E-state index contributed by atoms with van der Waals surface area (Å²) in [7, 11) is 2.57. The van der Waals surface area contributed by atoms with Gasteiger partial charge in [-0.15, -0.1) is 0 Å². The quantitative estimate of drug-likeness (QED) is 0.495. The van der Waals surface area contributed by atoms with Gasteiger partial charge in [0.25, 0.3) is 0 Å². The predicted octanol–water partition coefficient (Wildman–Crippen LogP) is 0.691. The molecule has 0 spiro atoms. The fourth-order valence-electron chi connectivity index (χ4n) is 2.32. The summed E-state index contributed by atoms with van der Waals surface area (Å²) in [6, 6.07) is 0. The van der Waals surface area contributed by atoms with Crippen LogP contribution >= 0.6 is 0 Å². The molecule has 0 heterocycles. The van der Waals surface area contributed by atoms with Gasteiger partial charge >= 0.3 is 11.9 Å². The molecule has 0 radical (unpaired) electrons. The summed E-state index contributed by atoms with van der Waals surface area (Å²) in [5.74, 6) is -1.24. The Balaban J connectivity index is 2.36. The summed E-state index contributed by atoms with van der Waals surface area (Å²) < 4.78 is 9.37. The van der Waals surface area contributed by atoms with Gasteiger partial charge in [0.1, 0.15) is 0 Å². The minimum Gasteiger partial charge on any atom is -0.468 e. The monoisotopic (exact) mass is 208 g/mol. The molecule has 2 unspecified atom stereocenters.